The van der Waals surface area contributed by atoms with E-state index in [0.29, 0.717) is 11.3 Å². The van der Waals surface area contributed by atoms with Crippen molar-refractivity contribution in [2.75, 3.05) is 12.4 Å². The fourth-order valence-corrected chi connectivity index (χ4v) is 1.97. The fourth-order valence-electron chi connectivity index (χ4n) is 1.97. The standard InChI is InChI=1S/C18H17NO3/c1-13-5-3-6-14(11-13)9-10-17(20)19-16-8-4-7-15(12-16)18(21)22-2/h3-12H,1-2H3,(H,19,20)/b10-9+. The van der Waals surface area contributed by atoms with Crippen molar-refractivity contribution in [1.82, 2.24) is 0 Å². The Hall–Kier alpha value is -2.88. The Balaban J connectivity index is 2.04. The van der Waals surface area contributed by atoms with Crippen molar-refractivity contribution < 1.29 is 14.3 Å². The third-order valence-corrected chi connectivity index (χ3v) is 3.02. The van der Waals surface area contributed by atoms with E-state index >= 15 is 0 Å². The first-order chi connectivity index (χ1) is 10.6. The Morgan fingerprint density at radius 2 is 1.86 bits per heavy atom. The highest BCUT2D eigenvalue weighted by molar-refractivity contribution is 6.02. The number of carbonyl (C=O) groups is 2. The van der Waals surface area contributed by atoms with Crippen LogP contribution in [0.5, 0.6) is 0 Å². The number of aryl methyl sites for hydroxylation is 1. The molecule has 1 N–H and O–H groups in total. The molecule has 2 rings (SSSR count). The second-order valence-electron chi connectivity index (χ2n) is 4.81. The maximum absolute atomic E-state index is 11.9. The van der Waals surface area contributed by atoms with E-state index in [-0.39, 0.29) is 5.91 Å². The Morgan fingerprint density at radius 1 is 1.09 bits per heavy atom. The quantitative estimate of drug-likeness (QED) is 0.694. The molecule has 0 bridgehead atoms. The molecule has 0 atom stereocenters. The molecule has 0 aromatic heterocycles. The van der Waals surface area contributed by atoms with E-state index in [1.165, 1.54) is 13.2 Å². The summed E-state index contributed by atoms with van der Waals surface area (Å²) in [5.41, 5.74) is 3.02. The van der Waals surface area contributed by atoms with Crippen LogP contribution in [0.4, 0.5) is 5.69 Å². The van der Waals surface area contributed by atoms with E-state index in [1.54, 1.807) is 30.3 Å². The van der Waals surface area contributed by atoms with Crippen LogP contribution in [0, 0.1) is 6.92 Å². The maximum Gasteiger partial charge on any atom is 0.337 e. The summed E-state index contributed by atoms with van der Waals surface area (Å²) >= 11 is 0. The molecule has 0 spiro atoms. The smallest absolute Gasteiger partial charge is 0.337 e. The lowest BCUT2D eigenvalue weighted by atomic mass is 10.1. The van der Waals surface area contributed by atoms with E-state index in [4.69, 9.17) is 0 Å². The molecule has 0 aliphatic rings. The minimum absolute atomic E-state index is 0.261. The van der Waals surface area contributed by atoms with Crippen LogP contribution in [0.3, 0.4) is 0 Å². The third-order valence-electron chi connectivity index (χ3n) is 3.02. The van der Waals surface area contributed by atoms with Crippen molar-refractivity contribution in [2.24, 2.45) is 0 Å². The molecular weight excluding hydrogens is 278 g/mol. The van der Waals surface area contributed by atoms with E-state index in [1.807, 2.05) is 31.2 Å². The average molecular weight is 295 g/mol. The van der Waals surface area contributed by atoms with Crippen LogP contribution in [-0.4, -0.2) is 19.0 Å². The fraction of sp³-hybridized carbons (Fsp3) is 0.111. The van der Waals surface area contributed by atoms with Gasteiger partial charge in [0.25, 0.3) is 0 Å². The molecule has 2 aromatic rings. The highest BCUT2D eigenvalue weighted by Gasteiger charge is 2.06. The molecular formula is C18H17NO3. The largest absolute Gasteiger partial charge is 0.465 e. The first-order valence-corrected chi connectivity index (χ1v) is 6.82. The molecule has 4 nitrogen and oxygen atoms in total. The zero-order valence-electron chi connectivity index (χ0n) is 12.5. The molecule has 0 unspecified atom stereocenters. The van der Waals surface area contributed by atoms with Crippen molar-refractivity contribution in [3.05, 3.63) is 71.3 Å². The first kappa shape index (κ1) is 15.5. The number of ether oxygens (including phenoxy) is 1. The molecule has 0 heterocycles. The van der Waals surface area contributed by atoms with Gasteiger partial charge in [0.2, 0.25) is 5.91 Å². The number of methoxy groups -OCH3 is 1. The highest BCUT2D eigenvalue weighted by Crippen LogP contribution is 2.12. The van der Waals surface area contributed by atoms with Gasteiger partial charge in [0, 0.05) is 11.8 Å². The number of nitrogens with one attached hydrogen (secondary N) is 1. The number of rotatable bonds is 4. The van der Waals surface area contributed by atoms with Gasteiger partial charge < -0.3 is 10.1 Å². The zero-order valence-corrected chi connectivity index (χ0v) is 12.5. The van der Waals surface area contributed by atoms with Crippen molar-refractivity contribution in [2.45, 2.75) is 6.92 Å². The van der Waals surface area contributed by atoms with Crippen LogP contribution >= 0.6 is 0 Å². The topological polar surface area (TPSA) is 55.4 Å². The zero-order chi connectivity index (χ0) is 15.9. The van der Waals surface area contributed by atoms with Crippen LogP contribution in [0.25, 0.3) is 6.08 Å². The van der Waals surface area contributed by atoms with Gasteiger partial charge in [0.1, 0.15) is 0 Å². The summed E-state index contributed by atoms with van der Waals surface area (Å²) in [5.74, 6) is -0.699. The van der Waals surface area contributed by atoms with Gasteiger partial charge in [0.05, 0.1) is 12.7 Å². The SMILES string of the molecule is COC(=O)c1cccc(NC(=O)/C=C/c2cccc(C)c2)c1. The molecule has 0 aliphatic heterocycles. The van der Waals surface area contributed by atoms with Crippen molar-refractivity contribution in [3.8, 4) is 0 Å². The van der Waals surface area contributed by atoms with Gasteiger partial charge in [-0.2, -0.15) is 0 Å². The molecule has 0 radical (unpaired) electrons. The predicted molar refractivity (Wildman–Crippen MR) is 86.6 cm³/mol. The second kappa shape index (κ2) is 7.22. The molecule has 2 aromatic carbocycles. The van der Waals surface area contributed by atoms with Crippen molar-refractivity contribution >= 4 is 23.6 Å². The van der Waals surface area contributed by atoms with Crippen molar-refractivity contribution in [3.63, 3.8) is 0 Å². The number of anilines is 1. The summed E-state index contributed by atoms with van der Waals surface area (Å²) in [6, 6.07) is 14.4. The van der Waals surface area contributed by atoms with E-state index in [2.05, 4.69) is 10.1 Å². The average Bonchev–Trinajstić information content (AvgIpc) is 2.52. The molecule has 112 valence electrons. The van der Waals surface area contributed by atoms with Crippen LogP contribution in [0.2, 0.25) is 0 Å². The lowest BCUT2D eigenvalue weighted by molar-refractivity contribution is -0.111. The molecule has 4 heteroatoms. The normalized spacial score (nSPS) is 10.5. The monoisotopic (exact) mass is 295 g/mol. The summed E-state index contributed by atoms with van der Waals surface area (Å²) in [4.78, 5) is 23.4. The van der Waals surface area contributed by atoms with Gasteiger partial charge in [-0.1, -0.05) is 35.9 Å². The molecule has 1 amide bonds. The molecule has 0 fully saturated rings. The van der Waals surface area contributed by atoms with Gasteiger partial charge in [-0.15, -0.1) is 0 Å². The number of hydrogen-bond acceptors (Lipinski definition) is 3. The number of amides is 1. The molecule has 0 aliphatic carbocycles. The van der Waals surface area contributed by atoms with Crippen LogP contribution in [0.15, 0.2) is 54.6 Å². The second-order valence-corrected chi connectivity index (χ2v) is 4.81. The molecule has 22 heavy (non-hydrogen) atoms. The minimum Gasteiger partial charge on any atom is -0.465 e. The summed E-state index contributed by atoms with van der Waals surface area (Å²) in [7, 11) is 1.32. The summed E-state index contributed by atoms with van der Waals surface area (Å²) in [6.07, 6.45) is 3.20. The van der Waals surface area contributed by atoms with Gasteiger partial charge in [-0.05, 0) is 36.8 Å². The number of carbonyl (C=O) groups excluding carboxylic acids is 2. The molecule has 0 saturated carbocycles. The van der Waals surface area contributed by atoms with Gasteiger partial charge in [-0.3, -0.25) is 4.79 Å². The number of hydrogen-bond donors (Lipinski definition) is 1. The third kappa shape index (κ3) is 4.31. The van der Waals surface area contributed by atoms with Gasteiger partial charge >= 0.3 is 5.97 Å². The Labute approximate surface area is 129 Å². The van der Waals surface area contributed by atoms with E-state index in [9.17, 15) is 9.59 Å². The van der Waals surface area contributed by atoms with Gasteiger partial charge in [0.15, 0.2) is 0 Å². The lowest BCUT2D eigenvalue weighted by Crippen LogP contribution is -2.09. The van der Waals surface area contributed by atoms with Crippen molar-refractivity contribution in [1.29, 1.82) is 0 Å². The maximum atomic E-state index is 11.9. The van der Waals surface area contributed by atoms with Gasteiger partial charge in [-0.25, -0.2) is 4.79 Å². The number of esters is 1. The van der Waals surface area contributed by atoms with Crippen LogP contribution in [-0.2, 0) is 9.53 Å². The van der Waals surface area contributed by atoms with Crippen LogP contribution in [0.1, 0.15) is 21.5 Å². The number of benzene rings is 2. The highest BCUT2D eigenvalue weighted by atomic mass is 16.5. The van der Waals surface area contributed by atoms with Crippen LogP contribution < -0.4 is 5.32 Å². The van der Waals surface area contributed by atoms with E-state index < -0.39 is 5.97 Å². The first-order valence-electron chi connectivity index (χ1n) is 6.82. The Kier molecular flexibility index (Phi) is 5.09. The minimum atomic E-state index is -0.439. The predicted octanol–water partition coefficient (Wildman–Crippen LogP) is 3.43. The lowest BCUT2D eigenvalue weighted by Gasteiger charge is -2.04. The summed E-state index contributed by atoms with van der Waals surface area (Å²) in [6.45, 7) is 2.00. The summed E-state index contributed by atoms with van der Waals surface area (Å²) < 4.78 is 4.65. The molecule has 0 saturated heterocycles. The Morgan fingerprint density at radius 3 is 2.59 bits per heavy atom. The summed E-state index contributed by atoms with van der Waals surface area (Å²) in [5, 5.41) is 2.71. The van der Waals surface area contributed by atoms with E-state index in [0.717, 1.165) is 11.1 Å². The Bertz CT molecular complexity index is 720.